The number of rotatable bonds is 5. The molecule has 0 unspecified atom stereocenters. The average Bonchev–Trinajstić information content (AvgIpc) is 3.27. The molecular weight excluding hydrogens is 426 g/mol. The number of benzene rings is 3. The van der Waals surface area contributed by atoms with Gasteiger partial charge in [-0.25, -0.2) is 9.97 Å². The Bertz CT molecular complexity index is 1690. The fourth-order valence-corrected chi connectivity index (χ4v) is 4.19. The third kappa shape index (κ3) is 3.47. The molecule has 3 N–H and O–H groups in total. The molecule has 8 heteroatoms. The number of aromatic nitrogens is 5. The van der Waals surface area contributed by atoms with Crippen molar-refractivity contribution in [2.45, 2.75) is 6.54 Å². The number of nitrogens with zero attached hydrogens (tertiary/aromatic N) is 5. The minimum absolute atomic E-state index is 0.0690. The SMILES string of the molecule is NC(=O)c1nc(Nc2cc3nn(Cc4ccccc4)cc3c3ccccc23)c2ccncc2n1. The van der Waals surface area contributed by atoms with E-state index in [1.807, 2.05) is 47.1 Å². The monoisotopic (exact) mass is 445 g/mol. The molecule has 0 saturated heterocycles. The minimum atomic E-state index is -0.700. The molecule has 0 spiro atoms. The van der Waals surface area contributed by atoms with Crippen LogP contribution in [0.3, 0.4) is 0 Å². The van der Waals surface area contributed by atoms with Crippen molar-refractivity contribution in [1.82, 2.24) is 24.7 Å². The summed E-state index contributed by atoms with van der Waals surface area (Å²) in [5.41, 5.74) is 8.86. The lowest BCUT2D eigenvalue weighted by Crippen LogP contribution is -2.16. The van der Waals surface area contributed by atoms with Gasteiger partial charge in [-0.05, 0) is 23.1 Å². The molecule has 8 nitrogen and oxygen atoms in total. The Morgan fingerprint density at radius 2 is 1.68 bits per heavy atom. The number of anilines is 2. The van der Waals surface area contributed by atoms with Crippen molar-refractivity contribution in [3.05, 3.63) is 96.7 Å². The number of hydrogen-bond acceptors (Lipinski definition) is 6. The Morgan fingerprint density at radius 3 is 2.50 bits per heavy atom. The van der Waals surface area contributed by atoms with Gasteiger partial charge in [-0.3, -0.25) is 14.5 Å². The smallest absolute Gasteiger partial charge is 0.286 e. The van der Waals surface area contributed by atoms with Gasteiger partial charge >= 0.3 is 0 Å². The van der Waals surface area contributed by atoms with Crippen molar-refractivity contribution in [1.29, 1.82) is 0 Å². The number of hydrogen-bond donors (Lipinski definition) is 2. The summed E-state index contributed by atoms with van der Waals surface area (Å²) in [6, 6.07) is 22.2. The fourth-order valence-electron chi connectivity index (χ4n) is 4.19. The zero-order valence-corrected chi connectivity index (χ0v) is 18.0. The fraction of sp³-hybridized carbons (Fsp3) is 0.0385. The van der Waals surface area contributed by atoms with Gasteiger partial charge in [0.2, 0.25) is 5.82 Å². The Balaban J connectivity index is 1.50. The van der Waals surface area contributed by atoms with Crippen LogP contribution in [-0.2, 0) is 6.54 Å². The number of pyridine rings is 1. The van der Waals surface area contributed by atoms with Gasteiger partial charge in [-0.15, -0.1) is 0 Å². The molecule has 0 aliphatic rings. The topological polar surface area (TPSA) is 112 Å². The van der Waals surface area contributed by atoms with Crippen molar-refractivity contribution >= 4 is 50.0 Å². The molecule has 164 valence electrons. The number of nitrogens with two attached hydrogens (primary N) is 1. The Kier molecular flexibility index (Phi) is 4.62. The van der Waals surface area contributed by atoms with Crippen molar-refractivity contribution in [2.24, 2.45) is 5.73 Å². The predicted molar refractivity (Wildman–Crippen MR) is 132 cm³/mol. The molecule has 0 fully saturated rings. The highest BCUT2D eigenvalue weighted by Crippen LogP contribution is 2.34. The van der Waals surface area contributed by atoms with Crippen LogP contribution in [0, 0.1) is 0 Å². The van der Waals surface area contributed by atoms with Crippen LogP contribution in [0.1, 0.15) is 16.2 Å². The van der Waals surface area contributed by atoms with Crippen LogP contribution >= 0.6 is 0 Å². The van der Waals surface area contributed by atoms with Crippen molar-refractivity contribution in [2.75, 3.05) is 5.32 Å². The van der Waals surface area contributed by atoms with Crippen molar-refractivity contribution < 1.29 is 4.79 Å². The number of nitrogens with one attached hydrogen (secondary N) is 1. The van der Waals surface area contributed by atoms with Crippen molar-refractivity contribution in [3.8, 4) is 0 Å². The lowest BCUT2D eigenvalue weighted by atomic mass is 10.0. The summed E-state index contributed by atoms with van der Waals surface area (Å²) in [6.45, 7) is 0.679. The summed E-state index contributed by atoms with van der Waals surface area (Å²) in [4.78, 5) is 24.6. The van der Waals surface area contributed by atoms with E-state index in [4.69, 9.17) is 10.8 Å². The summed E-state index contributed by atoms with van der Waals surface area (Å²) in [5, 5.41) is 12.1. The van der Waals surface area contributed by atoms with E-state index in [-0.39, 0.29) is 5.82 Å². The van der Waals surface area contributed by atoms with E-state index in [1.54, 1.807) is 18.5 Å². The molecule has 0 aliphatic carbocycles. The summed E-state index contributed by atoms with van der Waals surface area (Å²) in [5.74, 6) is -0.288. The number of carbonyl (C=O) groups is 1. The molecule has 0 bridgehead atoms. The number of carbonyl (C=O) groups excluding carboxylic acids is 1. The summed E-state index contributed by atoms with van der Waals surface area (Å²) in [7, 11) is 0. The van der Waals surface area contributed by atoms with Crippen molar-refractivity contribution in [3.63, 3.8) is 0 Å². The first-order chi connectivity index (χ1) is 16.7. The second kappa shape index (κ2) is 7.93. The first-order valence-electron chi connectivity index (χ1n) is 10.8. The van der Waals surface area contributed by atoms with Crippen LogP contribution in [-0.4, -0.2) is 30.6 Å². The molecule has 3 heterocycles. The van der Waals surface area contributed by atoms with E-state index in [9.17, 15) is 4.79 Å². The van der Waals surface area contributed by atoms with Crippen LogP contribution in [0.15, 0.2) is 85.3 Å². The van der Waals surface area contributed by atoms with Gasteiger partial charge in [-0.2, -0.15) is 5.10 Å². The highest BCUT2D eigenvalue weighted by atomic mass is 16.1. The molecule has 6 aromatic rings. The molecule has 1 amide bonds. The number of fused-ring (bicyclic) bond motifs is 4. The van der Waals surface area contributed by atoms with Crippen LogP contribution < -0.4 is 11.1 Å². The third-order valence-corrected chi connectivity index (χ3v) is 5.74. The second-order valence-corrected chi connectivity index (χ2v) is 7.99. The Morgan fingerprint density at radius 1 is 0.882 bits per heavy atom. The third-order valence-electron chi connectivity index (χ3n) is 5.74. The molecule has 0 saturated carbocycles. The summed E-state index contributed by atoms with van der Waals surface area (Å²) in [6.07, 6.45) is 5.32. The maximum absolute atomic E-state index is 11.8. The minimum Gasteiger partial charge on any atom is -0.363 e. The summed E-state index contributed by atoms with van der Waals surface area (Å²) >= 11 is 0. The van der Waals surface area contributed by atoms with E-state index in [0.717, 1.165) is 32.7 Å². The molecule has 3 aromatic carbocycles. The molecule has 0 radical (unpaired) electrons. The zero-order chi connectivity index (χ0) is 23.1. The highest BCUT2D eigenvalue weighted by Gasteiger charge is 2.15. The van der Waals surface area contributed by atoms with E-state index in [0.29, 0.717) is 17.9 Å². The van der Waals surface area contributed by atoms with Gasteiger partial charge < -0.3 is 11.1 Å². The van der Waals surface area contributed by atoms with Gasteiger partial charge in [0.15, 0.2) is 0 Å². The molecule has 6 rings (SSSR count). The molecule has 3 aromatic heterocycles. The largest absolute Gasteiger partial charge is 0.363 e. The lowest BCUT2D eigenvalue weighted by Gasteiger charge is -2.12. The number of amides is 1. The van der Waals surface area contributed by atoms with Crippen LogP contribution in [0.25, 0.3) is 32.6 Å². The standard InChI is InChI=1S/C26H19N7O/c27-24(34)26-30-23-13-28-11-10-19(23)25(31-26)29-21-12-22-20(17-8-4-5-9-18(17)21)15-33(32-22)14-16-6-2-1-3-7-16/h1-13,15H,14H2,(H2,27,34)(H,29,30,31). The Hall–Kier alpha value is -4.85. The van der Waals surface area contributed by atoms with E-state index in [1.165, 1.54) is 5.56 Å². The van der Waals surface area contributed by atoms with Crippen LogP contribution in [0.4, 0.5) is 11.5 Å². The van der Waals surface area contributed by atoms with Gasteiger partial charge in [0.25, 0.3) is 5.91 Å². The van der Waals surface area contributed by atoms with Gasteiger partial charge in [-0.1, -0.05) is 54.6 Å². The molecular formula is C26H19N7O. The maximum Gasteiger partial charge on any atom is 0.286 e. The lowest BCUT2D eigenvalue weighted by molar-refractivity contribution is 0.0991. The zero-order valence-electron chi connectivity index (χ0n) is 18.0. The summed E-state index contributed by atoms with van der Waals surface area (Å²) < 4.78 is 1.95. The maximum atomic E-state index is 11.8. The quantitative estimate of drug-likeness (QED) is 0.406. The molecule has 0 aliphatic heterocycles. The first-order valence-corrected chi connectivity index (χ1v) is 10.8. The highest BCUT2D eigenvalue weighted by molar-refractivity contribution is 6.12. The van der Waals surface area contributed by atoms with Gasteiger partial charge in [0.05, 0.1) is 23.8 Å². The Labute approximate surface area is 194 Å². The van der Waals surface area contributed by atoms with Crippen LogP contribution in [0.2, 0.25) is 0 Å². The van der Waals surface area contributed by atoms with E-state index < -0.39 is 5.91 Å². The molecule has 0 atom stereocenters. The predicted octanol–water partition coefficient (Wildman–Crippen LogP) is 4.42. The average molecular weight is 445 g/mol. The van der Waals surface area contributed by atoms with E-state index in [2.05, 4.69) is 44.7 Å². The van der Waals surface area contributed by atoms with Gasteiger partial charge in [0, 0.05) is 34.2 Å². The van der Waals surface area contributed by atoms with E-state index >= 15 is 0 Å². The number of primary amides is 1. The van der Waals surface area contributed by atoms with Crippen LogP contribution in [0.5, 0.6) is 0 Å². The normalized spacial score (nSPS) is 11.3. The van der Waals surface area contributed by atoms with Gasteiger partial charge in [0.1, 0.15) is 5.82 Å². The first kappa shape index (κ1) is 19.8. The second-order valence-electron chi connectivity index (χ2n) is 7.99. The molecule has 34 heavy (non-hydrogen) atoms.